The highest BCUT2D eigenvalue weighted by molar-refractivity contribution is 8.13. The Morgan fingerprint density at radius 1 is 1.30 bits per heavy atom. The van der Waals surface area contributed by atoms with Crippen molar-refractivity contribution in [3.63, 3.8) is 0 Å². The van der Waals surface area contributed by atoms with Gasteiger partial charge in [-0.25, -0.2) is 9.38 Å². The second-order valence-electron chi connectivity index (χ2n) is 5.77. The molecule has 2 heterocycles. The van der Waals surface area contributed by atoms with Gasteiger partial charge < -0.3 is 16.2 Å². The first-order valence-corrected chi connectivity index (χ1v) is 7.92. The topological polar surface area (TPSA) is 73.6 Å². The van der Waals surface area contributed by atoms with E-state index in [4.69, 9.17) is 16.2 Å². The van der Waals surface area contributed by atoms with Gasteiger partial charge in [0.05, 0.1) is 6.61 Å². The van der Waals surface area contributed by atoms with Crippen LogP contribution in [0, 0.1) is 11.7 Å². The van der Waals surface area contributed by atoms with Crippen LogP contribution in [0.15, 0.2) is 23.2 Å². The Bertz CT molecular complexity index is 651. The van der Waals surface area contributed by atoms with Gasteiger partial charge in [-0.15, -0.1) is 0 Å². The quantitative estimate of drug-likeness (QED) is 0.604. The lowest BCUT2D eigenvalue weighted by atomic mass is 9.78. The zero-order valence-corrected chi connectivity index (χ0v) is 12.8. The minimum Gasteiger partial charge on any atom is -0.399 e. The van der Waals surface area contributed by atoms with Gasteiger partial charge in [-0.2, -0.15) is 13.2 Å². The van der Waals surface area contributed by atoms with Crippen molar-refractivity contribution in [3.05, 3.63) is 29.6 Å². The normalized spacial score (nSPS) is 31.4. The lowest BCUT2D eigenvalue weighted by molar-refractivity contribution is -0.252. The number of hydrogen-bond donors (Lipinski definition) is 2. The first kappa shape index (κ1) is 16.4. The Kier molecular flexibility index (Phi) is 3.96. The molecule has 4 nitrogen and oxygen atoms in total. The summed E-state index contributed by atoms with van der Waals surface area (Å²) in [6.45, 7) is -0.394. The zero-order chi connectivity index (χ0) is 16.8. The Morgan fingerprint density at radius 2 is 2.04 bits per heavy atom. The third-order valence-corrected chi connectivity index (χ3v) is 5.10. The number of nitrogen functional groups attached to an aromatic ring is 1. The maximum atomic E-state index is 14.3. The molecule has 9 heteroatoms. The van der Waals surface area contributed by atoms with E-state index in [1.54, 1.807) is 0 Å². The monoisotopic (exact) mass is 349 g/mol. The first-order valence-electron chi connectivity index (χ1n) is 6.93. The molecule has 1 fully saturated rings. The van der Waals surface area contributed by atoms with Gasteiger partial charge in [0.25, 0.3) is 0 Å². The number of anilines is 1. The number of nitrogens with two attached hydrogens (primary N) is 2. The van der Waals surface area contributed by atoms with E-state index < -0.39 is 36.2 Å². The van der Waals surface area contributed by atoms with Gasteiger partial charge in [0.2, 0.25) is 0 Å². The number of hydrogen-bond acceptors (Lipinski definition) is 5. The number of ether oxygens (including phenoxy) is 1. The molecule has 2 aliphatic rings. The van der Waals surface area contributed by atoms with E-state index in [0.717, 1.165) is 11.8 Å². The molecule has 126 valence electrons. The number of aliphatic imine (C=N–C) groups is 1. The number of halogens is 4. The molecule has 3 atom stereocenters. The second kappa shape index (κ2) is 5.55. The molecule has 0 spiro atoms. The van der Waals surface area contributed by atoms with Crippen LogP contribution in [-0.2, 0) is 10.3 Å². The molecule has 0 unspecified atom stereocenters. The molecule has 1 aromatic rings. The average Bonchev–Trinajstić information content (AvgIpc) is 2.58. The number of fused-ring (bicyclic) bond motifs is 2. The maximum Gasteiger partial charge on any atom is 0.414 e. The minimum absolute atomic E-state index is 0.00521. The lowest BCUT2D eigenvalue weighted by Gasteiger charge is -2.41. The molecule has 2 bridgehead atoms. The summed E-state index contributed by atoms with van der Waals surface area (Å²) in [5.41, 5.74) is 10.6. The fourth-order valence-corrected chi connectivity index (χ4v) is 4.05. The minimum atomic E-state index is -4.48. The van der Waals surface area contributed by atoms with Crippen molar-refractivity contribution in [1.29, 1.82) is 0 Å². The number of alkyl halides is 3. The predicted molar refractivity (Wildman–Crippen MR) is 80.5 cm³/mol. The second-order valence-corrected chi connectivity index (χ2v) is 6.81. The van der Waals surface area contributed by atoms with Crippen molar-refractivity contribution >= 4 is 22.6 Å². The molecule has 0 aliphatic carbocycles. The Balaban J connectivity index is 2.06. The van der Waals surface area contributed by atoms with Crippen LogP contribution in [0.25, 0.3) is 0 Å². The van der Waals surface area contributed by atoms with Crippen LogP contribution >= 0.6 is 11.8 Å². The third kappa shape index (κ3) is 2.99. The summed E-state index contributed by atoms with van der Waals surface area (Å²) in [7, 11) is 0. The molecule has 4 N–H and O–H groups in total. The van der Waals surface area contributed by atoms with E-state index in [9.17, 15) is 17.6 Å². The van der Waals surface area contributed by atoms with Crippen molar-refractivity contribution < 1.29 is 22.3 Å². The number of nitrogens with zero attached hydrogens (tertiary/aromatic N) is 1. The summed E-state index contributed by atoms with van der Waals surface area (Å²) < 4.78 is 58.8. The highest BCUT2D eigenvalue weighted by Gasteiger charge is 2.54. The van der Waals surface area contributed by atoms with Gasteiger partial charge in [-0.05, 0) is 24.6 Å². The lowest BCUT2D eigenvalue weighted by Crippen LogP contribution is -2.50. The molecule has 23 heavy (non-hydrogen) atoms. The van der Waals surface area contributed by atoms with Crippen LogP contribution in [0.3, 0.4) is 0 Å². The predicted octanol–water partition coefficient (Wildman–Crippen LogP) is 2.63. The zero-order valence-electron chi connectivity index (χ0n) is 11.9. The van der Waals surface area contributed by atoms with Crippen LogP contribution in [0.1, 0.15) is 12.0 Å². The number of amidine groups is 1. The third-order valence-electron chi connectivity index (χ3n) is 4.11. The number of benzene rings is 1. The van der Waals surface area contributed by atoms with Gasteiger partial charge in [-0.3, -0.25) is 0 Å². The first-order chi connectivity index (χ1) is 10.7. The van der Waals surface area contributed by atoms with Gasteiger partial charge >= 0.3 is 6.18 Å². The number of thioether (sulfide) groups is 1. The van der Waals surface area contributed by atoms with Crippen molar-refractivity contribution in [2.24, 2.45) is 16.6 Å². The Labute approximate surface area is 134 Å². The number of rotatable bonds is 1. The molecule has 2 aliphatic heterocycles. The molecule has 0 aromatic heterocycles. The molecule has 1 saturated heterocycles. The fourth-order valence-electron chi connectivity index (χ4n) is 3.13. The van der Waals surface area contributed by atoms with Crippen molar-refractivity contribution in [3.8, 4) is 0 Å². The van der Waals surface area contributed by atoms with Crippen molar-refractivity contribution in [1.82, 2.24) is 0 Å². The largest absolute Gasteiger partial charge is 0.414 e. The highest BCUT2D eigenvalue weighted by Crippen LogP contribution is 2.47. The SMILES string of the molecule is NC1=N[C@@]2(c3cc(N)ccc3F)CO[C@H](C(F)(F)F)[C@H](CS1)C2. The fraction of sp³-hybridized carbons (Fsp3) is 0.500. The van der Waals surface area contributed by atoms with Crippen LogP contribution < -0.4 is 11.5 Å². The van der Waals surface area contributed by atoms with Crippen LogP contribution in [0.5, 0.6) is 0 Å². The summed E-state index contributed by atoms with van der Waals surface area (Å²) in [4.78, 5) is 4.29. The molecular formula is C14H15F4N3OS. The van der Waals surface area contributed by atoms with E-state index in [1.807, 2.05) is 0 Å². The van der Waals surface area contributed by atoms with E-state index in [-0.39, 0.29) is 22.9 Å². The van der Waals surface area contributed by atoms with Crippen LogP contribution in [0.2, 0.25) is 0 Å². The molecule has 0 amide bonds. The Morgan fingerprint density at radius 3 is 2.74 bits per heavy atom. The van der Waals surface area contributed by atoms with Gasteiger partial charge in [0.15, 0.2) is 11.3 Å². The van der Waals surface area contributed by atoms with E-state index in [2.05, 4.69) is 4.99 Å². The van der Waals surface area contributed by atoms with E-state index in [1.165, 1.54) is 18.2 Å². The average molecular weight is 349 g/mol. The summed E-state index contributed by atoms with van der Waals surface area (Å²) >= 11 is 1.03. The molecule has 3 rings (SSSR count). The van der Waals surface area contributed by atoms with E-state index >= 15 is 0 Å². The van der Waals surface area contributed by atoms with E-state index in [0.29, 0.717) is 5.69 Å². The molecule has 0 radical (unpaired) electrons. The summed E-state index contributed by atoms with van der Waals surface area (Å²) in [6, 6.07) is 3.94. The van der Waals surface area contributed by atoms with Crippen molar-refractivity contribution in [2.45, 2.75) is 24.2 Å². The van der Waals surface area contributed by atoms with Crippen LogP contribution in [-0.4, -0.2) is 29.8 Å². The molecule has 1 aromatic carbocycles. The van der Waals surface area contributed by atoms with Crippen LogP contribution in [0.4, 0.5) is 23.2 Å². The van der Waals surface area contributed by atoms with Gasteiger partial charge in [0.1, 0.15) is 11.4 Å². The molecule has 0 saturated carbocycles. The highest BCUT2D eigenvalue weighted by atomic mass is 32.2. The summed E-state index contributed by atoms with van der Waals surface area (Å²) in [5, 5.41) is 0.126. The smallest absolute Gasteiger partial charge is 0.399 e. The van der Waals surface area contributed by atoms with Gasteiger partial charge in [0, 0.05) is 22.9 Å². The maximum absolute atomic E-state index is 14.3. The summed E-state index contributed by atoms with van der Waals surface area (Å²) in [5.74, 6) is -1.33. The van der Waals surface area contributed by atoms with Crippen molar-refractivity contribution in [2.75, 3.05) is 18.1 Å². The Hall–Kier alpha value is -1.48. The summed E-state index contributed by atoms with van der Waals surface area (Å²) in [6.07, 6.45) is -6.37. The molecular weight excluding hydrogens is 334 g/mol. The van der Waals surface area contributed by atoms with Gasteiger partial charge in [-0.1, -0.05) is 11.8 Å². The standard InChI is InChI=1S/C14H15F4N3OS/c15-10-2-1-8(19)3-9(10)13-4-7(5-23-12(20)21-13)11(22-6-13)14(16,17)18/h1-3,7,11H,4-6,19H2,(H2,20,21)/t7-,11-,13+/m0/s1.